The number of oxime groups is 1. The van der Waals surface area contributed by atoms with Crippen molar-refractivity contribution in [1.82, 2.24) is 4.90 Å². The Morgan fingerprint density at radius 2 is 2.05 bits per heavy atom. The first kappa shape index (κ1) is 13.5. The third-order valence-electron chi connectivity index (χ3n) is 3.36. The molecule has 1 saturated heterocycles. The van der Waals surface area contributed by atoms with Gasteiger partial charge in [-0.15, -0.1) is 0 Å². The summed E-state index contributed by atoms with van der Waals surface area (Å²) in [6, 6.07) is 7.74. The standard InChI is InChI=1S/C14H19N3O2/c1-11-4-2-3-5-13(11)15-14(18)10-17-8-6-12(16-19)7-9-17/h2-5,19H,6-10H2,1H3,(H,15,18). The zero-order valence-corrected chi connectivity index (χ0v) is 11.1. The number of hydrogen-bond acceptors (Lipinski definition) is 4. The van der Waals surface area contributed by atoms with Crippen LogP contribution >= 0.6 is 0 Å². The highest BCUT2D eigenvalue weighted by atomic mass is 16.4. The summed E-state index contributed by atoms with van der Waals surface area (Å²) in [4.78, 5) is 14.0. The van der Waals surface area contributed by atoms with Crippen LogP contribution in [0.25, 0.3) is 0 Å². The van der Waals surface area contributed by atoms with E-state index in [2.05, 4.69) is 15.4 Å². The van der Waals surface area contributed by atoms with Gasteiger partial charge in [-0.1, -0.05) is 23.4 Å². The molecule has 0 bridgehead atoms. The van der Waals surface area contributed by atoms with Crippen molar-refractivity contribution >= 4 is 17.3 Å². The van der Waals surface area contributed by atoms with Crippen LogP contribution in [0.5, 0.6) is 0 Å². The van der Waals surface area contributed by atoms with Gasteiger partial charge in [-0.3, -0.25) is 9.69 Å². The monoisotopic (exact) mass is 261 g/mol. The fraction of sp³-hybridized carbons (Fsp3) is 0.429. The Labute approximate surface area is 112 Å². The van der Waals surface area contributed by atoms with E-state index in [4.69, 9.17) is 5.21 Å². The largest absolute Gasteiger partial charge is 0.411 e. The molecule has 0 aromatic heterocycles. The van der Waals surface area contributed by atoms with Crippen molar-refractivity contribution in [3.05, 3.63) is 29.8 Å². The third kappa shape index (κ3) is 3.79. The lowest BCUT2D eigenvalue weighted by Gasteiger charge is -2.26. The van der Waals surface area contributed by atoms with Gasteiger partial charge >= 0.3 is 0 Å². The predicted molar refractivity (Wildman–Crippen MR) is 74.7 cm³/mol. The number of benzene rings is 1. The van der Waals surface area contributed by atoms with E-state index in [1.165, 1.54) is 0 Å². The topological polar surface area (TPSA) is 64.9 Å². The summed E-state index contributed by atoms with van der Waals surface area (Å²) in [5.41, 5.74) is 2.74. The number of piperidine rings is 1. The van der Waals surface area contributed by atoms with Gasteiger partial charge in [0.2, 0.25) is 5.91 Å². The quantitative estimate of drug-likeness (QED) is 0.644. The van der Waals surface area contributed by atoms with Gasteiger partial charge in [-0.05, 0) is 18.6 Å². The Bertz CT molecular complexity index is 475. The van der Waals surface area contributed by atoms with E-state index in [1.54, 1.807) is 0 Å². The highest BCUT2D eigenvalue weighted by Gasteiger charge is 2.17. The van der Waals surface area contributed by atoms with Crippen LogP contribution in [0, 0.1) is 6.92 Å². The van der Waals surface area contributed by atoms with Crippen LogP contribution in [0.3, 0.4) is 0 Å². The number of nitrogens with zero attached hydrogens (tertiary/aromatic N) is 2. The van der Waals surface area contributed by atoms with Crippen molar-refractivity contribution in [2.24, 2.45) is 5.16 Å². The molecule has 5 nitrogen and oxygen atoms in total. The highest BCUT2D eigenvalue weighted by molar-refractivity contribution is 5.93. The second-order valence-corrected chi connectivity index (χ2v) is 4.81. The number of carbonyl (C=O) groups is 1. The number of carbonyl (C=O) groups excluding carboxylic acids is 1. The maximum Gasteiger partial charge on any atom is 0.238 e. The molecular formula is C14H19N3O2. The van der Waals surface area contributed by atoms with Crippen molar-refractivity contribution in [1.29, 1.82) is 0 Å². The van der Waals surface area contributed by atoms with Crippen LogP contribution in [0.15, 0.2) is 29.4 Å². The Morgan fingerprint density at radius 1 is 1.37 bits per heavy atom. The molecule has 1 aromatic rings. The van der Waals surface area contributed by atoms with Gasteiger partial charge in [0, 0.05) is 31.6 Å². The molecule has 0 radical (unpaired) electrons. The first-order chi connectivity index (χ1) is 9.19. The fourth-order valence-corrected chi connectivity index (χ4v) is 2.18. The predicted octanol–water partition coefficient (Wildman–Crippen LogP) is 1.86. The van der Waals surface area contributed by atoms with Crippen LogP contribution in [0.2, 0.25) is 0 Å². The molecule has 1 heterocycles. The molecule has 2 N–H and O–H groups in total. The second kappa shape index (κ2) is 6.33. The smallest absolute Gasteiger partial charge is 0.238 e. The Hall–Kier alpha value is -1.88. The Balaban J connectivity index is 1.84. The van der Waals surface area contributed by atoms with E-state index < -0.39 is 0 Å². The zero-order valence-electron chi connectivity index (χ0n) is 11.1. The van der Waals surface area contributed by atoms with Crippen molar-refractivity contribution in [2.45, 2.75) is 19.8 Å². The minimum absolute atomic E-state index is 0.00122. The molecule has 19 heavy (non-hydrogen) atoms. The molecule has 102 valence electrons. The second-order valence-electron chi connectivity index (χ2n) is 4.81. The van der Waals surface area contributed by atoms with E-state index in [0.29, 0.717) is 6.54 Å². The lowest BCUT2D eigenvalue weighted by atomic mass is 10.1. The zero-order chi connectivity index (χ0) is 13.7. The summed E-state index contributed by atoms with van der Waals surface area (Å²) in [6.45, 7) is 3.88. The molecule has 1 aromatic carbocycles. The van der Waals surface area contributed by atoms with Crippen LogP contribution in [-0.4, -0.2) is 41.4 Å². The van der Waals surface area contributed by atoms with Gasteiger partial charge in [-0.2, -0.15) is 0 Å². The number of likely N-dealkylation sites (tertiary alicyclic amines) is 1. The summed E-state index contributed by atoms with van der Waals surface area (Å²) in [6.07, 6.45) is 1.46. The highest BCUT2D eigenvalue weighted by Crippen LogP contribution is 2.13. The van der Waals surface area contributed by atoms with Crippen molar-refractivity contribution in [3.8, 4) is 0 Å². The molecule has 0 spiro atoms. The molecule has 0 atom stereocenters. The van der Waals surface area contributed by atoms with Crippen molar-refractivity contribution < 1.29 is 10.0 Å². The number of amides is 1. The minimum Gasteiger partial charge on any atom is -0.411 e. The Kier molecular flexibility index (Phi) is 4.52. The Morgan fingerprint density at radius 3 is 2.68 bits per heavy atom. The van der Waals surface area contributed by atoms with Crippen LogP contribution < -0.4 is 5.32 Å². The maximum atomic E-state index is 12.0. The van der Waals surface area contributed by atoms with Crippen LogP contribution in [0.1, 0.15) is 18.4 Å². The number of nitrogens with one attached hydrogen (secondary N) is 1. The third-order valence-corrected chi connectivity index (χ3v) is 3.36. The first-order valence-corrected chi connectivity index (χ1v) is 6.46. The number of para-hydroxylation sites is 1. The number of anilines is 1. The molecule has 1 fully saturated rings. The van der Waals surface area contributed by atoms with Crippen LogP contribution in [0.4, 0.5) is 5.69 Å². The molecule has 1 amide bonds. The lowest BCUT2D eigenvalue weighted by molar-refractivity contribution is -0.117. The summed E-state index contributed by atoms with van der Waals surface area (Å²) >= 11 is 0. The van der Waals surface area contributed by atoms with Gasteiger partial charge in [-0.25, -0.2) is 0 Å². The molecule has 0 aliphatic carbocycles. The molecule has 0 unspecified atom stereocenters. The molecule has 2 rings (SSSR count). The van der Waals surface area contributed by atoms with E-state index in [-0.39, 0.29) is 5.91 Å². The van der Waals surface area contributed by atoms with E-state index in [9.17, 15) is 4.79 Å². The van der Waals surface area contributed by atoms with Crippen molar-refractivity contribution in [3.63, 3.8) is 0 Å². The van der Waals surface area contributed by atoms with Gasteiger partial charge < -0.3 is 10.5 Å². The minimum atomic E-state index is -0.00122. The summed E-state index contributed by atoms with van der Waals surface area (Å²) in [5, 5.41) is 14.8. The fourth-order valence-electron chi connectivity index (χ4n) is 2.18. The SMILES string of the molecule is Cc1ccccc1NC(=O)CN1CCC(=NO)CC1. The average Bonchev–Trinajstić information content (AvgIpc) is 2.42. The molecule has 1 aliphatic rings. The van der Waals surface area contributed by atoms with Crippen molar-refractivity contribution in [2.75, 3.05) is 25.0 Å². The van der Waals surface area contributed by atoms with E-state index in [1.807, 2.05) is 31.2 Å². The molecule has 5 heteroatoms. The number of hydrogen-bond donors (Lipinski definition) is 2. The number of rotatable bonds is 3. The molecular weight excluding hydrogens is 242 g/mol. The summed E-state index contributed by atoms with van der Waals surface area (Å²) in [7, 11) is 0. The maximum absolute atomic E-state index is 12.0. The first-order valence-electron chi connectivity index (χ1n) is 6.46. The normalized spacial score (nSPS) is 16.2. The van der Waals surface area contributed by atoms with Gasteiger partial charge in [0.05, 0.1) is 12.3 Å². The summed E-state index contributed by atoms with van der Waals surface area (Å²) < 4.78 is 0. The van der Waals surface area contributed by atoms with E-state index in [0.717, 1.165) is 42.9 Å². The van der Waals surface area contributed by atoms with Gasteiger partial charge in [0.1, 0.15) is 0 Å². The summed E-state index contributed by atoms with van der Waals surface area (Å²) in [5.74, 6) is -0.00122. The molecule has 0 saturated carbocycles. The van der Waals surface area contributed by atoms with Crippen LogP contribution in [-0.2, 0) is 4.79 Å². The van der Waals surface area contributed by atoms with Gasteiger partial charge in [0.25, 0.3) is 0 Å². The molecule has 1 aliphatic heterocycles. The lowest BCUT2D eigenvalue weighted by Crippen LogP contribution is -2.39. The van der Waals surface area contributed by atoms with Gasteiger partial charge in [0.15, 0.2) is 0 Å². The average molecular weight is 261 g/mol. The van der Waals surface area contributed by atoms with E-state index >= 15 is 0 Å². The number of aryl methyl sites for hydroxylation is 1.